The van der Waals surface area contributed by atoms with E-state index in [1.54, 1.807) is 6.92 Å². The van der Waals surface area contributed by atoms with Crippen molar-refractivity contribution in [1.82, 2.24) is 10.5 Å². The van der Waals surface area contributed by atoms with Gasteiger partial charge in [0.2, 0.25) is 0 Å². The van der Waals surface area contributed by atoms with Crippen molar-refractivity contribution in [2.45, 2.75) is 39.5 Å². The van der Waals surface area contributed by atoms with Gasteiger partial charge in [-0.05, 0) is 13.3 Å². The topological polar surface area (TPSA) is 81.4 Å². The predicted molar refractivity (Wildman–Crippen MR) is 68.9 cm³/mol. The molecule has 0 radical (unpaired) electrons. The Labute approximate surface area is 112 Å². The smallest absolute Gasteiger partial charge is 0.305 e. The second kappa shape index (κ2) is 6.92. The summed E-state index contributed by atoms with van der Waals surface area (Å²) >= 11 is 0. The summed E-state index contributed by atoms with van der Waals surface area (Å²) in [6, 6.07) is 0. The predicted octanol–water partition coefficient (Wildman–Crippen LogP) is 1.79. The summed E-state index contributed by atoms with van der Waals surface area (Å²) in [6.45, 7) is 6.02. The van der Waals surface area contributed by atoms with E-state index in [9.17, 15) is 9.59 Å². The zero-order chi connectivity index (χ0) is 14.4. The molecule has 1 amide bonds. The lowest BCUT2D eigenvalue weighted by Crippen LogP contribution is -2.26. The molecular formula is C13H20N2O4. The number of nitrogens with one attached hydrogen (secondary N) is 1. The normalized spacial score (nSPS) is 10.6. The van der Waals surface area contributed by atoms with Crippen LogP contribution in [0.1, 0.15) is 54.4 Å². The third-order valence-electron chi connectivity index (χ3n) is 2.71. The van der Waals surface area contributed by atoms with Gasteiger partial charge in [0, 0.05) is 18.9 Å². The molecule has 6 heteroatoms. The van der Waals surface area contributed by atoms with Crippen LogP contribution in [-0.2, 0) is 9.53 Å². The van der Waals surface area contributed by atoms with E-state index in [1.807, 2.05) is 13.8 Å². The Morgan fingerprint density at radius 3 is 2.68 bits per heavy atom. The second-order valence-electron chi connectivity index (χ2n) is 4.60. The summed E-state index contributed by atoms with van der Waals surface area (Å²) in [5.41, 5.74) is 1.07. The molecule has 0 unspecified atom stereocenters. The van der Waals surface area contributed by atoms with E-state index in [4.69, 9.17) is 4.52 Å². The summed E-state index contributed by atoms with van der Waals surface area (Å²) in [6.07, 6.45) is 0.830. The van der Waals surface area contributed by atoms with Crippen molar-refractivity contribution in [2.24, 2.45) is 0 Å². The van der Waals surface area contributed by atoms with E-state index in [-0.39, 0.29) is 24.2 Å². The molecule has 0 aromatic carbocycles. The number of aryl methyl sites for hydroxylation is 1. The minimum absolute atomic E-state index is 0.0945. The minimum atomic E-state index is -0.279. The average Bonchev–Trinajstić information content (AvgIpc) is 2.76. The molecule has 1 heterocycles. The molecule has 1 aromatic heterocycles. The average molecular weight is 268 g/mol. The van der Waals surface area contributed by atoms with Crippen LogP contribution < -0.4 is 5.32 Å². The highest BCUT2D eigenvalue weighted by Gasteiger charge is 2.22. The Morgan fingerprint density at radius 1 is 1.42 bits per heavy atom. The van der Waals surface area contributed by atoms with Crippen LogP contribution in [0.15, 0.2) is 4.52 Å². The van der Waals surface area contributed by atoms with Crippen LogP contribution in [0.3, 0.4) is 0 Å². The number of nitrogens with zero attached hydrogens (tertiary/aromatic N) is 1. The van der Waals surface area contributed by atoms with E-state index in [0.29, 0.717) is 30.0 Å². The molecule has 0 aliphatic rings. The van der Waals surface area contributed by atoms with Crippen LogP contribution in [-0.4, -0.2) is 30.7 Å². The molecular weight excluding hydrogens is 248 g/mol. The summed E-state index contributed by atoms with van der Waals surface area (Å²) in [5.74, 6) is 0.186. The number of rotatable bonds is 6. The van der Waals surface area contributed by atoms with Gasteiger partial charge in [-0.3, -0.25) is 9.59 Å². The molecule has 0 aliphatic heterocycles. The Hall–Kier alpha value is -1.85. The second-order valence-corrected chi connectivity index (χ2v) is 4.60. The number of methoxy groups -OCH3 is 1. The molecule has 0 aliphatic carbocycles. The van der Waals surface area contributed by atoms with E-state index in [2.05, 4.69) is 15.2 Å². The lowest BCUT2D eigenvalue weighted by molar-refractivity contribution is -0.140. The molecule has 0 spiro atoms. The van der Waals surface area contributed by atoms with Crippen molar-refractivity contribution in [1.29, 1.82) is 0 Å². The number of hydrogen-bond donors (Lipinski definition) is 1. The maximum Gasteiger partial charge on any atom is 0.305 e. The van der Waals surface area contributed by atoms with Gasteiger partial charge >= 0.3 is 5.97 Å². The number of ether oxygens (including phenoxy) is 1. The van der Waals surface area contributed by atoms with Gasteiger partial charge in [-0.25, -0.2) is 0 Å². The highest BCUT2D eigenvalue weighted by Crippen LogP contribution is 2.21. The molecule has 1 aromatic rings. The van der Waals surface area contributed by atoms with E-state index in [0.717, 1.165) is 0 Å². The fraction of sp³-hybridized carbons (Fsp3) is 0.615. The number of hydrogen-bond acceptors (Lipinski definition) is 5. The standard InChI is InChI=1S/C13H20N2O4/c1-8(2)12-11(9(3)15-19-12)13(17)14-7-5-6-10(16)18-4/h8H,5-7H2,1-4H3,(H,14,17). The summed E-state index contributed by atoms with van der Waals surface area (Å²) < 4.78 is 9.68. The summed E-state index contributed by atoms with van der Waals surface area (Å²) in [4.78, 5) is 23.0. The van der Waals surface area contributed by atoms with Crippen molar-refractivity contribution in [3.8, 4) is 0 Å². The quantitative estimate of drug-likeness (QED) is 0.628. The fourth-order valence-corrected chi connectivity index (χ4v) is 1.68. The zero-order valence-electron chi connectivity index (χ0n) is 11.8. The van der Waals surface area contributed by atoms with Crippen LogP contribution in [0.2, 0.25) is 0 Å². The van der Waals surface area contributed by atoms with Crippen LogP contribution in [0.25, 0.3) is 0 Å². The van der Waals surface area contributed by atoms with Crippen LogP contribution in [0, 0.1) is 6.92 Å². The first kappa shape index (κ1) is 15.2. The Balaban J connectivity index is 2.54. The number of amides is 1. The van der Waals surface area contributed by atoms with E-state index >= 15 is 0 Å². The van der Waals surface area contributed by atoms with Gasteiger partial charge in [0.15, 0.2) is 5.76 Å². The highest BCUT2D eigenvalue weighted by atomic mass is 16.5. The van der Waals surface area contributed by atoms with Gasteiger partial charge in [-0.1, -0.05) is 19.0 Å². The first-order valence-corrected chi connectivity index (χ1v) is 6.28. The number of carbonyl (C=O) groups excluding carboxylic acids is 2. The molecule has 0 bridgehead atoms. The maximum absolute atomic E-state index is 12.0. The monoisotopic (exact) mass is 268 g/mol. The van der Waals surface area contributed by atoms with Gasteiger partial charge in [-0.15, -0.1) is 0 Å². The number of carbonyl (C=O) groups is 2. The fourth-order valence-electron chi connectivity index (χ4n) is 1.68. The summed E-state index contributed by atoms with van der Waals surface area (Å²) in [7, 11) is 1.34. The summed E-state index contributed by atoms with van der Waals surface area (Å²) in [5, 5.41) is 6.57. The number of aromatic nitrogens is 1. The molecule has 1 N–H and O–H groups in total. The highest BCUT2D eigenvalue weighted by molar-refractivity contribution is 5.96. The van der Waals surface area contributed by atoms with Crippen LogP contribution in [0.5, 0.6) is 0 Å². The van der Waals surface area contributed by atoms with Gasteiger partial charge in [0.1, 0.15) is 5.56 Å². The van der Waals surface area contributed by atoms with Crippen molar-refractivity contribution in [2.75, 3.05) is 13.7 Å². The molecule has 0 saturated carbocycles. The molecule has 6 nitrogen and oxygen atoms in total. The van der Waals surface area contributed by atoms with E-state index < -0.39 is 0 Å². The number of esters is 1. The van der Waals surface area contributed by atoms with Crippen molar-refractivity contribution in [3.63, 3.8) is 0 Å². The lowest BCUT2D eigenvalue weighted by atomic mass is 10.0. The third-order valence-corrected chi connectivity index (χ3v) is 2.71. The zero-order valence-corrected chi connectivity index (χ0v) is 11.8. The van der Waals surface area contributed by atoms with Gasteiger partial charge in [0.05, 0.1) is 12.8 Å². The molecule has 19 heavy (non-hydrogen) atoms. The first-order chi connectivity index (χ1) is 8.97. The third kappa shape index (κ3) is 4.08. The van der Waals surface area contributed by atoms with Gasteiger partial charge in [-0.2, -0.15) is 0 Å². The maximum atomic E-state index is 12.0. The Kier molecular flexibility index (Phi) is 5.54. The van der Waals surface area contributed by atoms with Crippen molar-refractivity contribution in [3.05, 3.63) is 17.0 Å². The van der Waals surface area contributed by atoms with Gasteiger partial charge in [0.25, 0.3) is 5.91 Å². The molecule has 0 saturated heterocycles. The molecule has 0 atom stereocenters. The van der Waals surface area contributed by atoms with Crippen LogP contribution >= 0.6 is 0 Å². The largest absolute Gasteiger partial charge is 0.469 e. The van der Waals surface area contributed by atoms with Crippen LogP contribution in [0.4, 0.5) is 0 Å². The minimum Gasteiger partial charge on any atom is -0.469 e. The SMILES string of the molecule is COC(=O)CCCNC(=O)c1c(C)noc1C(C)C. The molecule has 0 fully saturated rings. The Bertz CT molecular complexity index is 451. The lowest BCUT2D eigenvalue weighted by Gasteiger charge is -2.06. The molecule has 106 valence electrons. The van der Waals surface area contributed by atoms with Crippen molar-refractivity contribution >= 4 is 11.9 Å². The Morgan fingerprint density at radius 2 is 2.11 bits per heavy atom. The first-order valence-electron chi connectivity index (χ1n) is 6.28. The molecule has 1 rings (SSSR count). The van der Waals surface area contributed by atoms with Crippen molar-refractivity contribution < 1.29 is 18.8 Å². The van der Waals surface area contributed by atoms with E-state index in [1.165, 1.54) is 7.11 Å². The van der Waals surface area contributed by atoms with Gasteiger partial charge < -0.3 is 14.6 Å².